The van der Waals surface area contributed by atoms with Crippen molar-refractivity contribution in [3.05, 3.63) is 28.8 Å². The van der Waals surface area contributed by atoms with Gasteiger partial charge in [-0.05, 0) is 31.1 Å². The maximum Gasteiger partial charge on any atom is 0.330 e. The highest BCUT2D eigenvalue weighted by Crippen LogP contribution is 2.39. The molecule has 0 radical (unpaired) electrons. The van der Waals surface area contributed by atoms with Crippen LogP contribution in [0.4, 0.5) is 11.4 Å². The number of benzene rings is 1. The van der Waals surface area contributed by atoms with Crippen LogP contribution in [-0.4, -0.2) is 32.2 Å². The van der Waals surface area contributed by atoms with Crippen molar-refractivity contribution in [3.8, 4) is 0 Å². The van der Waals surface area contributed by atoms with Crippen molar-refractivity contribution in [3.63, 3.8) is 0 Å². The summed E-state index contributed by atoms with van der Waals surface area (Å²) in [5.41, 5.74) is 2.82. The molecule has 0 fully saturated rings. The van der Waals surface area contributed by atoms with E-state index in [0.717, 1.165) is 29.9 Å². The fraction of sp³-hybridized carbons (Fsp3) is 0.438. The first kappa shape index (κ1) is 15.7. The van der Waals surface area contributed by atoms with Crippen molar-refractivity contribution in [2.45, 2.75) is 26.3 Å². The summed E-state index contributed by atoms with van der Waals surface area (Å²) < 4.78 is 4.87. The number of halogens is 1. The summed E-state index contributed by atoms with van der Waals surface area (Å²) in [7, 11) is 2.06. The molecular formula is C16H21ClN2O2. The summed E-state index contributed by atoms with van der Waals surface area (Å²) in [6.07, 6.45) is 4.13. The van der Waals surface area contributed by atoms with Crippen LogP contribution in [0, 0.1) is 0 Å². The van der Waals surface area contributed by atoms with Gasteiger partial charge in [-0.1, -0.05) is 24.6 Å². The maximum absolute atomic E-state index is 11.4. The first-order valence-electron chi connectivity index (χ1n) is 7.21. The molecule has 0 aromatic heterocycles. The molecule has 0 spiro atoms. The molecule has 0 amide bonds. The lowest BCUT2D eigenvalue weighted by atomic mass is 10.1. The molecule has 4 nitrogen and oxygen atoms in total. The molecule has 1 unspecified atom stereocenters. The fourth-order valence-electron chi connectivity index (χ4n) is 2.42. The number of likely N-dealkylation sites (N-methyl/N-ethyl adjacent to an activating group) is 1. The first-order chi connectivity index (χ1) is 10.1. The number of ether oxygens (including phenoxy) is 1. The van der Waals surface area contributed by atoms with Gasteiger partial charge in [-0.2, -0.15) is 0 Å². The lowest BCUT2D eigenvalue weighted by Gasteiger charge is -2.35. The quantitative estimate of drug-likeness (QED) is 0.682. The Labute approximate surface area is 130 Å². The van der Waals surface area contributed by atoms with Crippen LogP contribution in [0.25, 0.3) is 6.08 Å². The Kier molecular flexibility index (Phi) is 5.12. The molecule has 1 aliphatic rings. The minimum Gasteiger partial charge on any atom is -0.463 e. The molecule has 1 aliphatic heterocycles. The van der Waals surface area contributed by atoms with Crippen molar-refractivity contribution >= 4 is 35.0 Å². The van der Waals surface area contributed by atoms with Gasteiger partial charge < -0.3 is 15.0 Å². The molecule has 1 N–H and O–H groups in total. The monoisotopic (exact) mass is 308 g/mol. The summed E-state index contributed by atoms with van der Waals surface area (Å²) in [6.45, 7) is 5.25. The molecule has 0 saturated carbocycles. The van der Waals surface area contributed by atoms with Crippen molar-refractivity contribution < 1.29 is 9.53 Å². The lowest BCUT2D eigenvalue weighted by molar-refractivity contribution is -0.137. The van der Waals surface area contributed by atoms with Gasteiger partial charge in [0, 0.05) is 25.7 Å². The largest absolute Gasteiger partial charge is 0.463 e. The van der Waals surface area contributed by atoms with Crippen LogP contribution in [-0.2, 0) is 9.53 Å². The third-order valence-corrected chi connectivity index (χ3v) is 3.99. The highest BCUT2D eigenvalue weighted by Gasteiger charge is 2.23. The molecule has 1 aromatic rings. The van der Waals surface area contributed by atoms with Gasteiger partial charge in [-0.15, -0.1) is 0 Å². The average Bonchev–Trinajstić information content (AvgIpc) is 2.47. The fourth-order valence-corrected chi connectivity index (χ4v) is 2.70. The number of hydrogen-bond acceptors (Lipinski definition) is 4. The third kappa shape index (κ3) is 3.50. The summed E-state index contributed by atoms with van der Waals surface area (Å²) in [5, 5.41) is 4.11. The van der Waals surface area contributed by atoms with Crippen LogP contribution in [0.3, 0.4) is 0 Å². The Bertz CT molecular complexity index is 557. The number of hydrogen-bond donors (Lipinski definition) is 1. The molecule has 0 aliphatic carbocycles. The normalized spacial score (nSPS) is 17.5. The molecule has 21 heavy (non-hydrogen) atoms. The maximum atomic E-state index is 11.4. The molecule has 1 aromatic carbocycles. The Morgan fingerprint density at radius 1 is 1.52 bits per heavy atom. The predicted molar refractivity (Wildman–Crippen MR) is 88.1 cm³/mol. The number of nitrogens with zero attached hydrogens (tertiary/aromatic N) is 1. The predicted octanol–water partition coefficient (Wildman–Crippen LogP) is 3.56. The van der Waals surface area contributed by atoms with Crippen molar-refractivity contribution in [2.75, 3.05) is 30.4 Å². The third-order valence-electron chi connectivity index (χ3n) is 3.58. The van der Waals surface area contributed by atoms with Crippen LogP contribution >= 0.6 is 11.6 Å². The summed E-state index contributed by atoms with van der Waals surface area (Å²) in [4.78, 5) is 13.6. The van der Waals surface area contributed by atoms with E-state index in [9.17, 15) is 4.79 Å². The van der Waals surface area contributed by atoms with Gasteiger partial charge in [0.05, 0.1) is 23.0 Å². The second-order valence-electron chi connectivity index (χ2n) is 5.08. The first-order valence-corrected chi connectivity index (χ1v) is 7.59. The van der Waals surface area contributed by atoms with Crippen molar-refractivity contribution in [1.29, 1.82) is 0 Å². The summed E-state index contributed by atoms with van der Waals surface area (Å²) in [5.74, 6) is -0.359. The Hall–Kier alpha value is -1.68. The molecule has 2 rings (SSSR count). The van der Waals surface area contributed by atoms with E-state index in [-0.39, 0.29) is 5.97 Å². The van der Waals surface area contributed by atoms with Gasteiger partial charge in [0.15, 0.2) is 0 Å². The highest BCUT2D eigenvalue weighted by atomic mass is 35.5. The molecule has 1 atom stereocenters. The zero-order chi connectivity index (χ0) is 15.4. The van der Waals surface area contributed by atoms with Crippen LogP contribution in [0.5, 0.6) is 0 Å². The molecule has 0 bridgehead atoms. The lowest BCUT2D eigenvalue weighted by Crippen LogP contribution is -2.39. The molecule has 5 heteroatoms. The second-order valence-corrected chi connectivity index (χ2v) is 5.46. The smallest absolute Gasteiger partial charge is 0.330 e. The van der Waals surface area contributed by atoms with Gasteiger partial charge >= 0.3 is 5.97 Å². The number of fused-ring (bicyclic) bond motifs is 1. The number of anilines is 2. The minimum absolute atomic E-state index is 0.359. The van der Waals surface area contributed by atoms with Gasteiger partial charge in [0.2, 0.25) is 0 Å². The number of esters is 1. The zero-order valence-electron chi connectivity index (χ0n) is 12.6. The molecule has 0 saturated heterocycles. The Morgan fingerprint density at radius 2 is 2.29 bits per heavy atom. The summed E-state index contributed by atoms with van der Waals surface area (Å²) >= 11 is 6.48. The van der Waals surface area contributed by atoms with Gasteiger partial charge in [-0.3, -0.25) is 0 Å². The SMILES string of the molecule is CCOC(=O)C=Cc1ccc2c(c1Cl)NC(CC)CN2C. The van der Waals surface area contributed by atoms with E-state index in [1.54, 1.807) is 13.0 Å². The van der Waals surface area contributed by atoms with E-state index < -0.39 is 0 Å². The van der Waals surface area contributed by atoms with E-state index >= 15 is 0 Å². The van der Waals surface area contributed by atoms with E-state index in [1.807, 2.05) is 12.1 Å². The molecule has 114 valence electrons. The second kappa shape index (κ2) is 6.85. The topological polar surface area (TPSA) is 41.6 Å². The van der Waals surface area contributed by atoms with Crippen LogP contribution in [0.1, 0.15) is 25.8 Å². The van der Waals surface area contributed by atoms with Crippen molar-refractivity contribution in [1.82, 2.24) is 0 Å². The van der Waals surface area contributed by atoms with E-state index in [4.69, 9.17) is 16.3 Å². The van der Waals surface area contributed by atoms with Gasteiger partial charge in [0.1, 0.15) is 0 Å². The molecule has 1 heterocycles. The average molecular weight is 309 g/mol. The van der Waals surface area contributed by atoms with Crippen LogP contribution in [0.15, 0.2) is 18.2 Å². The van der Waals surface area contributed by atoms with Crippen molar-refractivity contribution in [2.24, 2.45) is 0 Å². The standard InChI is InChI=1S/C16H21ClN2O2/c1-4-12-10-19(3)13-8-6-11(15(17)16(13)18-12)7-9-14(20)21-5-2/h6-9,12,18H,4-5,10H2,1-3H3. The van der Waals surface area contributed by atoms with Gasteiger partial charge in [0.25, 0.3) is 0 Å². The Balaban J connectivity index is 2.29. The zero-order valence-corrected chi connectivity index (χ0v) is 13.4. The number of nitrogens with one attached hydrogen (secondary N) is 1. The van der Waals surface area contributed by atoms with E-state index in [2.05, 4.69) is 24.2 Å². The molecular weight excluding hydrogens is 288 g/mol. The van der Waals surface area contributed by atoms with E-state index in [1.165, 1.54) is 6.08 Å². The van der Waals surface area contributed by atoms with Crippen LogP contribution in [0.2, 0.25) is 5.02 Å². The minimum atomic E-state index is -0.359. The highest BCUT2D eigenvalue weighted by molar-refractivity contribution is 6.35. The number of rotatable bonds is 4. The number of carbonyl (C=O) groups excluding carboxylic acids is 1. The number of carbonyl (C=O) groups is 1. The van der Waals surface area contributed by atoms with Crippen LogP contribution < -0.4 is 10.2 Å². The van der Waals surface area contributed by atoms with E-state index in [0.29, 0.717) is 17.7 Å². The van der Waals surface area contributed by atoms with Gasteiger partial charge in [-0.25, -0.2) is 4.79 Å². The Morgan fingerprint density at radius 3 is 2.95 bits per heavy atom. The summed E-state index contributed by atoms with van der Waals surface area (Å²) in [6, 6.07) is 4.32.